The van der Waals surface area contributed by atoms with Gasteiger partial charge in [0.1, 0.15) is 24.2 Å². The van der Waals surface area contributed by atoms with E-state index in [4.69, 9.17) is 4.98 Å². The lowest BCUT2D eigenvalue weighted by atomic mass is 9.84. The van der Waals surface area contributed by atoms with Crippen molar-refractivity contribution in [3.63, 3.8) is 0 Å². The normalized spacial score (nSPS) is 19.9. The molecule has 13 heteroatoms. The fraction of sp³-hybridized carbons (Fsp3) is 0.440. The van der Waals surface area contributed by atoms with E-state index >= 15 is 0 Å². The molecule has 2 fully saturated rings. The summed E-state index contributed by atoms with van der Waals surface area (Å²) >= 11 is 1.29. The molecule has 1 aromatic carbocycles. The van der Waals surface area contributed by atoms with Crippen molar-refractivity contribution in [2.45, 2.75) is 55.0 Å². The molecule has 38 heavy (non-hydrogen) atoms. The molecule has 1 aliphatic carbocycles. The van der Waals surface area contributed by atoms with Crippen molar-refractivity contribution in [3.05, 3.63) is 42.1 Å². The van der Waals surface area contributed by atoms with E-state index in [1.54, 1.807) is 12.1 Å². The topological polar surface area (TPSA) is 98.8 Å². The monoisotopic (exact) mass is 549 g/mol. The number of H-pyrrole nitrogens is 1. The first-order valence-corrected chi connectivity index (χ1v) is 13.1. The third-order valence-electron chi connectivity index (χ3n) is 6.67. The molecule has 3 heterocycles. The van der Waals surface area contributed by atoms with Crippen molar-refractivity contribution in [1.82, 2.24) is 20.2 Å². The maximum absolute atomic E-state index is 13.7. The molecule has 202 valence electrons. The highest BCUT2D eigenvalue weighted by atomic mass is 32.2. The number of hydrogen-bond donors (Lipinski definition) is 3. The molecule has 1 saturated heterocycles. The molecule has 3 N–H and O–H groups in total. The molecule has 1 amide bonds. The van der Waals surface area contributed by atoms with E-state index in [2.05, 4.69) is 30.7 Å². The Labute approximate surface area is 221 Å². The van der Waals surface area contributed by atoms with Crippen molar-refractivity contribution in [2.24, 2.45) is 11.8 Å². The van der Waals surface area contributed by atoms with Crippen LogP contribution < -0.4 is 15.5 Å². The number of nitrogens with one attached hydrogen (secondary N) is 3. The van der Waals surface area contributed by atoms with Gasteiger partial charge in [0, 0.05) is 41.5 Å². The largest absolute Gasteiger partial charge is 0.397 e. The average molecular weight is 550 g/mol. The Balaban J connectivity index is 1.29. The summed E-state index contributed by atoms with van der Waals surface area (Å²) in [6.45, 7) is 3.52. The second kappa shape index (κ2) is 10.8. The molecule has 1 saturated carbocycles. The van der Waals surface area contributed by atoms with Crippen LogP contribution in [0.4, 0.5) is 40.7 Å². The van der Waals surface area contributed by atoms with E-state index < -0.39 is 24.7 Å². The van der Waals surface area contributed by atoms with E-state index in [9.17, 15) is 22.4 Å². The minimum Gasteiger partial charge on any atom is -0.356 e. The lowest BCUT2D eigenvalue weighted by Crippen LogP contribution is -2.50. The number of carbonyl (C=O) groups is 1. The first-order chi connectivity index (χ1) is 18.1. The van der Waals surface area contributed by atoms with Gasteiger partial charge in [-0.05, 0) is 74.0 Å². The number of aryl methyl sites for hydroxylation is 1. The molecule has 8 nitrogen and oxygen atoms in total. The number of carbonyl (C=O) groups excluding carboxylic acids is 1. The summed E-state index contributed by atoms with van der Waals surface area (Å²) in [5.41, 5.74) is 1.16. The van der Waals surface area contributed by atoms with E-state index in [1.807, 2.05) is 19.1 Å². The highest BCUT2D eigenvalue weighted by Gasteiger charge is 2.38. The van der Waals surface area contributed by atoms with Crippen LogP contribution in [0.3, 0.4) is 0 Å². The van der Waals surface area contributed by atoms with Gasteiger partial charge < -0.3 is 15.5 Å². The van der Waals surface area contributed by atoms with E-state index in [-0.39, 0.29) is 5.69 Å². The third kappa shape index (κ3) is 6.74. The third-order valence-corrected chi connectivity index (χ3v) is 7.55. The molecule has 5 rings (SSSR count). The van der Waals surface area contributed by atoms with Crippen LogP contribution in [0.15, 0.2) is 46.5 Å². The van der Waals surface area contributed by atoms with Crippen molar-refractivity contribution in [2.75, 3.05) is 28.6 Å². The average Bonchev–Trinajstić information content (AvgIpc) is 3.40. The smallest absolute Gasteiger partial charge is 0.356 e. The SMILES string of the molecule is Cc1cc(Nc2cc(N3CC(C4CC[C@H](F)C4)C3)nc(Sc3ccc(NC(=O)CC(F)(F)F)cc3)n2)n[nH]1. The standard InChI is InChI=1S/C25H27F4N7OS/c1-14-8-21(35-34-14)31-20-10-22(36-12-16(13-36)15-2-3-17(26)9-15)33-24(32-20)38-19-6-4-18(5-7-19)30-23(37)11-25(27,28)29/h4-8,10,15-17H,2-3,9,11-13H2,1H3,(H,30,37)(H2,31,32,33,34,35)/t15?,17-/m0/s1. The predicted octanol–water partition coefficient (Wildman–Crippen LogP) is 5.87. The fourth-order valence-electron chi connectivity index (χ4n) is 4.78. The summed E-state index contributed by atoms with van der Waals surface area (Å²) in [6.07, 6.45) is -4.57. The molecule has 2 aromatic heterocycles. The zero-order chi connectivity index (χ0) is 26.9. The second-order valence-corrected chi connectivity index (χ2v) is 10.8. The molecule has 2 aliphatic rings. The molecule has 0 bridgehead atoms. The van der Waals surface area contributed by atoms with Gasteiger partial charge in [-0.2, -0.15) is 18.3 Å². The van der Waals surface area contributed by atoms with Crippen LogP contribution in [-0.4, -0.2) is 51.5 Å². The summed E-state index contributed by atoms with van der Waals surface area (Å²) in [6, 6.07) is 10.1. The van der Waals surface area contributed by atoms with Crippen molar-refractivity contribution >= 4 is 40.8 Å². The summed E-state index contributed by atoms with van der Waals surface area (Å²) in [5, 5.41) is 13.0. The highest BCUT2D eigenvalue weighted by Crippen LogP contribution is 2.40. The minimum absolute atomic E-state index is 0.267. The van der Waals surface area contributed by atoms with Gasteiger partial charge in [0.05, 0.1) is 0 Å². The number of anilines is 4. The summed E-state index contributed by atoms with van der Waals surface area (Å²) < 4.78 is 50.9. The summed E-state index contributed by atoms with van der Waals surface area (Å²) in [4.78, 5) is 23.8. The Morgan fingerprint density at radius 2 is 1.87 bits per heavy atom. The lowest BCUT2D eigenvalue weighted by Gasteiger charge is -2.43. The maximum Gasteiger partial charge on any atom is 0.397 e. The van der Waals surface area contributed by atoms with Crippen LogP contribution in [0.25, 0.3) is 0 Å². The molecule has 1 aliphatic heterocycles. The molecular weight excluding hydrogens is 522 g/mol. The number of amides is 1. The van der Waals surface area contributed by atoms with Crippen LogP contribution in [0, 0.1) is 18.8 Å². The van der Waals surface area contributed by atoms with Gasteiger partial charge in [-0.25, -0.2) is 14.4 Å². The first-order valence-electron chi connectivity index (χ1n) is 12.3. The maximum atomic E-state index is 13.7. The van der Waals surface area contributed by atoms with Gasteiger partial charge >= 0.3 is 6.18 Å². The zero-order valence-corrected chi connectivity index (χ0v) is 21.4. The highest BCUT2D eigenvalue weighted by molar-refractivity contribution is 7.99. The van der Waals surface area contributed by atoms with Gasteiger partial charge in [0.25, 0.3) is 0 Å². The number of aromatic nitrogens is 4. The second-order valence-electron chi connectivity index (χ2n) is 9.76. The van der Waals surface area contributed by atoms with E-state index in [1.165, 1.54) is 23.9 Å². The molecule has 0 radical (unpaired) electrons. The number of aromatic amines is 1. The molecule has 1 unspecified atom stereocenters. The van der Waals surface area contributed by atoms with Crippen molar-refractivity contribution in [3.8, 4) is 0 Å². The number of halogens is 4. The predicted molar refractivity (Wildman–Crippen MR) is 136 cm³/mol. The number of nitrogens with zero attached hydrogens (tertiary/aromatic N) is 4. The molecule has 0 spiro atoms. The Kier molecular flexibility index (Phi) is 7.46. The van der Waals surface area contributed by atoms with Gasteiger partial charge in [-0.1, -0.05) is 0 Å². The quantitative estimate of drug-likeness (QED) is 0.239. The van der Waals surface area contributed by atoms with Crippen LogP contribution in [-0.2, 0) is 4.79 Å². The van der Waals surface area contributed by atoms with Crippen molar-refractivity contribution in [1.29, 1.82) is 0 Å². The Morgan fingerprint density at radius 1 is 1.11 bits per heavy atom. The van der Waals surface area contributed by atoms with Gasteiger partial charge in [-0.15, -0.1) is 0 Å². The Hall–Kier alpha value is -3.35. The van der Waals surface area contributed by atoms with Crippen LogP contribution in [0.5, 0.6) is 0 Å². The molecular formula is C25H27F4N7OS. The van der Waals surface area contributed by atoms with Gasteiger partial charge in [0.15, 0.2) is 11.0 Å². The van der Waals surface area contributed by atoms with Crippen molar-refractivity contribution < 1.29 is 22.4 Å². The minimum atomic E-state index is -4.56. The van der Waals surface area contributed by atoms with Gasteiger partial charge in [0.2, 0.25) is 5.91 Å². The fourth-order valence-corrected chi connectivity index (χ4v) is 5.55. The Bertz CT molecular complexity index is 1280. The molecule has 3 aromatic rings. The Morgan fingerprint density at radius 3 is 2.50 bits per heavy atom. The number of rotatable bonds is 8. The van der Waals surface area contributed by atoms with Crippen LogP contribution >= 0.6 is 11.8 Å². The summed E-state index contributed by atoms with van der Waals surface area (Å²) in [7, 11) is 0. The number of hydrogen-bond acceptors (Lipinski definition) is 7. The first kappa shape index (κ1) is 26.3. The number of benzene rings is 1. The molecule has 2 atom stereocenters. The number of alkyl halides is 4. The van der Waals surface area contributed by atoms with E-state index in [0.29, 0.717) is 41.5 Å². The van der Waals surface area contributed by atoms with Crippen LogP contribution in [0.2, 0.25) is 0 Å². The lowest BCUT2D eigenvalue weighted by molar-refractivity contribution is -0.150. The zero-order valence-electron chi connectivity index (χ0n) is 20.6. The summed E-state index contributed by atoms with van der Waals surface area (Å²) in [5.74, 6) is 1.67. The van der Waals surface area contributed by atoms with Gasteiger partial charge in [-0.3, -0.25) is 9.89 Å². The van der Waals surface area contributed by atoms with Crippen LogP contribution in [0.1, 0.15) is 31.4 Å². The van der Waals surface area contributed by atoms with E-state index in [0.717, 1.165) is 35.9 Å².